The number of hydrogen-bond acceptors (Lipinski definition) is 7. The first-order valence-corrected chi connectivity index (χ1v) is 13.8. The minimum Gasteiger partial charge on any atom is -0.424 e. The number of nitrogens with zero attached hydrogens (tertiary/aromatic N) is 2. The number of oxazole rings is 1. The smallest absolute Gasteiger partial charge is 0.357 e. The lowest BCUT2D eigenvalue weighted by molar-refractivity contribution is 0.489. The van der Waals surface area contributed by atoms with E-state index in [4.69, 9.17) is 14.0 Å². The third-order valence-electron chi connectivity index (χ3n) is 5.65. The van der Waals surface area contributed by atoms with Crippen LogP contribution in [0.2, 0.25) is 0 Å². The summed E-state index contributed by atoms with van der Waals surface area (Å²) in [5.74, 6) is 0.661. The van der Waals surface area contributed by atoms with E-state index in [1.54, 1.807) is 41.8 Å². The van der Waals surface area contributed by atoms with E-state index in [1.165, 1.54) is 0 Å². The SMILES string of the molecule is Cc1cccc(-c2cnc(N[C@@H](Cc3ccc(NS(=O)(=O)O)cc3)c3csc(-c4ccccc4)n3)o2)c1. The largest absolute Gasteiger partial charge is 0.424 e. The van der Waals surface area contributed by atoms with Crippen molar-refractivity contribution >= 4 is 33.3 Å². The van der Waals surface area contributed by atoms with Gasteiger partial charge < -0.3 is 9.73 Å². The van der Waals surface area contributed by atoms with Gasteiger partial charge in [-0.1, -0.05) is 66.2 Å². The Labute approximate surface area is 218 Å². The fourth-order valence-electron chi connectivity index (χ4n) is 3.90. The monoisotopic (exact) mass is 532 g/mol. The summed E-state index contributed by atoms with van der Waals surface area (Å²) in [5, 5.41) is 6.30. The summed E-state index contributed by atoms with van der Waals surface area (Å²) in [6.07, 6.45) is 2.23. The summed E-state index contributed by atoms with van der Waals surface area (Å²) in [4.78, 5) is 9.32. The second-order valence-electron chi connectivity index (χ2n) is 8.52. The molecule has 0 saturated heterocycles. The molecule has 0 aliphatic carbocycles. The van der Waals surface area contributed by atoms with Crippen LogP contribution in [0.15, 0.2) is 94.9 Å². The van der Waals surface area contributed by atoms with Crippen LogP contribution in [0, 0.1) is 6.92 Å². The molecule has 0 amide bonds. The van der Waals surface area contributed by atoms with Crippen LogP contribution in [-0.2, 0) is 16.7 Å². The summed E-state index contributed by atoms with van der Waals surface area (Å²) >= 11 is 1.56. The molecule has 2 heterocycles. The minimum atomic E-state index is -4.34. The summed E-state index contributed by atoms with van der Waals surface area (Å²) in [5.41, 5.74) is 5.14. The van der Waals surface area contributed by atoms with Crippen LogP contribution in [0.25, 0.3) is 21.9 Å². The highest BCUT2D eigenvalue weighted by Crippen LogP contribution is 2.31. The Kier molecular flexibility index (Phi) is 7.04. The number of rotatable bonds is 9. The van der Waals surface area contributed by atoms with Crippen LogP contribution in [0.5, 0.6) is 0 Å². The fourth-order valence-corrected chi connectivity index (χ4v) is 5.22. The molecular weight excluding hydrogens is 508 g/mol. The molecule has 1 atom stereocenters. The van der Waals surface area contributed by atoms with Crippen molar-refractivity contribution in [3.8, 4) is 21.9 Å². The van der Waals surface area contributed by atoms with Gasteiger partial charge in [0.05, 0.1) is 23.6 Å². The second kappa shape index (κ2) is 10.6. The minimum absolute atomic E-state index is 0.266. The maximum Gasteiger partial charge on any atom is 0.357 e. The summed E-state index contributed by atoms with van der Waals surface area (Å²) < 4.78 is 39.3. The first kappa shape index (κ1) is 24.7. The van der Waals surface area contributed by atoms with E-state index < -0.39 is 10.3 Å². The van der Waals surface area contributed by atoms with E-state index in [0.717, 1.165) is 33.0 Å². The van der Waals surface area contributed by atoms with Gasteiger partial charge >= 0.3 is 10.3 Å². The Morgan fingerprint density at radius 3 is 2.49 bits per heavy atom. The van der Waals surface area contributed by atoms with E-state index in [2.05, 4.69) is 15.0 Å². The normalized spacial score (nSPS) is 12.3. The van der Waals surface area contributed by atoms with Crippen molar-refractivity contribution in [2.75, 3.05) is 10.0 Å². The van der Waals surface area contributed by atoms with Crippen molar-refractivity contribution in [2.45, 2.75) is 19.4 Å². The molecule has 3 N–H and O–H groups in total. The first-order chi connectivity index (χ1) is 17.8. The van der Waals surface area contributed by atoms with Gasteiger partial charge in [0.25, 0.3) is 6.01 Å². The number of aromatic nitrogens is 2. The molecule has 3 aromatic carbocycles. The maximum absolute atomic E-state index is 11.1. The lowest BCUT2D eigenvalue weighted by Crippen LogP contribution is -2.15. The summed E-state index contributed by atoms with van der Waals surface area (Å²) in [7, 11) is -4.34. The Balaban J connectivity index is 1.41. The highest BCUT2D eigenvalue weighted by Gasteiger charge is 2.20. The average Bonchev–Trinajstić information content (AvgIpc) is 3.55. The summed E-state index contributed by atoms with van der Waals surface area (Å²) in [6, 6.07) is 24.9. The Morgan fingerprint density at radius 1 is 1.00 bits per heavy atom. The Bertz CT molecular complexity index is 1600. The molecule has 0 bridgehead atoms. The predicted octanol–water partition coefficient (Wildman–Crippen LogP) is 6.38. The van der Waals surface area contributed by atoms with Gasteiger partial charge in [-0.3, -0.25) is 9.27 Å². The van der Waals surface area contributed by atoms with E-state index in [0.29, 0.717) is 18.2 Å². The number of nitrogens with one attached hydrogen (secondary N) is 2. The lowest BCUT2D eigenvalue weighted by atomic mass is 10.0. The molecule has 0 aliphatic rings. The van der Waals surface area contributed by atoms with E-state index in [-0.39, 0.29) is 11.7 Å². The van der Waals surface area contributed by atoms with Gasteiger partial charge in [-0.25, -0.2) is 9.97 Å². The molecule has 0 fully saturated rings. The molecule has 2 aromatic heterocycles. The molecule has 10 heteroatoms. The van der Waals surface area contributed by atoms with Gasteiger partial charge in [0, 0.05) is 16.5 Å². The van der Waals surface area contributed by atoms with Crippen LogP contribution >= 0.6 is 11.3 Å². The van der Waals surface area contributed by atoms with Crippen LogP contribution < -0.4 is 10.0 Å². The zero-order valence-corrected chi connectivity index (χ0v) is 21.5. The van der Waals surface area contributed by atoms with Gasteiger partial charge in [-0.05, 0) is 37.1 Å². The third kappa shape index (κ3) is 6.42. The standard InChI is InChI=1S/C27H24N4O4S2/c1-18-6-5-9-21(14-18)25-16-28-27(35-25)30-23(15-19-10-12-22(13-11-19)31-37(32,33)34)24-17-36-26(29-24)20-7-3-2-4-8-20/h2-14,16-17,23,31H,15H2,1H3,(H,28,30)(H,32,33,34)/t23-/m0/s1. The number of benzene rings is 3. The topological polar surface area (TPSA) is 117 Å². The molecule has 0 radical (unpaired) electrons. The number of thiazole rings is 1. The zero-order valence-electron chi connectivity index (χ0n) is 19.8. The quantitative estimate of drug-likeness (QED) is 0.188. The maximum atomic E-state index is 11.1. The molecule has 0 unspecified atom stereocenters. The highest BCUT2D eigenvalue weighted by molar-refractivity contribution is 7.87. The number of aryl methyl sites for hydroxylation is 1. The average molecular weight is 533 g/mol. The second-order valence-corrected chi connectivity index (χ2v) is 10.5. The van der Waals surface area contributed by atoms with Crippen molar-refractivity contribution in [2.24, 2.45) is 0 Å². The van der Waals surface area contributed by atoms with Crippen LogP contribution in [0.1, 0.15) is 22.9 Å². The molecule has 188 valence electrons. The van der Waals surface area contributed by atoms with Gasteiger partial charge in [0.1, 0.15) is 5.01 Å². The van der Waals surface area contributed by atoms with Gasteiger partial charge in [0.2, 0.25) is 0 Å². The summed E-state index contributed by atoms with van der Waals surface area (Å²) in [6.45, 7) is 2.03. The molecule has 5 aromatic rings. The van der Waals surface area contributed by atoms with Crippen LogP contribution in [0.3, 0.4) is 0 Å². The molecular formula is C27H24N4O4S2. The molecule has 0 spiro atoms. The Hall–Kier alpha value is -3.99. The van der Waals surface area contributed by atoms with Crippen LogP contribution in [0.4, 0.5) is 11.7 Å². The first-order valence-electron chi connectivity index (χ1n) is 11.5. The zero-order chi connectivity index (χ0) is 25.8. The number of anilines is 2. The fraction of sp³-hybridized carbons (Fsp3) is 0.111. The van der Waals surface area contributed by atoms with Crippen molar-refractivity contribution in [3.05, 3.63) is 107 Å². The number of hydrogen-bond donors (Lipinski definition) is 3. The van der Waals surface area contributed by atoms with Gasteiger partial charge in [-0.2, -0.15) is 8.42 Å². The highest BCUT2D eigenvalue weighted by atomic mass is 32.2. The predicted molar refractivity (Wildman–Crippen MR) is 146 cm³/mol. The van der Waals surface area contributed by atoms with Crippen molar-refractivity contribution in [3.63, 3.8) is 0 Å². The van der Waals surface area contributed by atoms with Crippen LogP contribution in [-0.4, -0.2) is 22.9 Å². The van der Waals surface area contributed by atoms with E-state index >= 15 is 0 Å². The Morgan fingerprint density at radius 2 is 1.76 bits per heavy atom. The lowest BCUT2D eigenvalue weighted by Gasteiger charge is -2.16. The van der Waals surface area contributed by atoms with E-state index in [1.807, 2.05) is 66.9 Å². The molecule has 37 heavy (non-hydrogen) atoms. The molecule has 0 aliphatic heterocycles. The third-order valence-corrected chi connectivity index (χ3v) is 7.05. The van der Waals surface area contributed by atoms with Gasteiger partial charge in [-0.15, -0.1) is 11.3 Å². The van der Waals surface area contributed by atoms with Crippen molar-refractivity contribution < 1.29 is 17.4 Å². The molecule has 5 rings (SSSR count). The molecule has 8 nitrogen and oxygen atoms in total. The van der Waals surface area contributed by atoms with E-state index in [9.17, 15) is 8.42 Å². The molecule has 0 saturated carbocycles. The van der Waals surface area contributed by atoms with Crippen molar-refractivity contribution in [1.82, 2.24) is 9.97 Å². The van der Waals surface area contributed by atoms with Crippen molar-refractivity contribution in [1.29, 1.82) is 0 Å². The van der Waals surface area contributed by atoms with Gasteiger partial charge in [0.15, 0.2) is 5.76 Å².